The number of anilines is 2. The van der Waals surface area contributed by atoms with Crippen molar-refractivity contribution in [1.29, 1.82) is 0 Å². The SMILES string of the molecule is COc1ccc(C(=O)Nc2cccc(SC(C(=O)Nc3ccc4c(c3)OCCO4)c3ccccc3)c2)cc1. The van der Waals surface area contributed by atoms with Crippen molar-refractivity contribution in [3.05, 3.63) is 108 Å². The van der Waals surface area contributed by atoms with Crippen LogP contribution in [0.3, 0.4) is 0 Å². The molecule has 0 aliphatic carbocycles. The van der Waals surface area contributed by atoms with Crippen LogP contribution in [0.25, 0.3) is 0 Å². The molecule has 4 aromatic carbocycles. The fourth-order valence-corrected chi connectivity index (χ4v) is 5.04. The topological polar surface area (TPSA) is 85.9 Å². The summed E-state index contributed by atoms with van der Waals surface area (Å²) in [5.74, 6) is 1.55. The predicted molar refractivity (Wildman–Crippen MR) is 148 cm³/mol. The van der Waals surface area contributed by atoms with Crippen LogP contribution in [0.15, 0.2) is 102 Å². The zero-order chi connectivity index (χ0) is 26.3. The molecular formula is C30H26N2O5S. The van der Waals surface area contributed by atoms with Gasteiger partial charge in [0, 0.05) is 27.9 Å². The number of methoxy groups -OCH3 is 1. The first kappa shape index (κ1) is 25.2. The fraction of sp³-hybridized carbons (Fsp3) is 0.133. The first-order valence-electron chi connectivity index (χ1n) is 12.1. The minimum Gasteiger partial charge on any atom is -0.497 e. The van der Waals surface area contributed by atoms with Gasteiger partial charge >= 0.3 is 0 Å². The number of hydrogen-bond donors (Lipinski definition) is 2. The van der Waals surface area contributed by atoms with Crippen LogP contribution in [0.4, 0.5) is 11.4 Å². The summed E-state index contributed by atoms with van der Waals surface area (Å²) in [5, 5.41) is 5.41. The molecule has 1 aliphatic heterocycles. The van der Waals surface area contributed by atoms with Crippen molar-refractivity contribution in [3.63, 3.8) is 0 Å². The highest BCUT2D eigenvalue weighted by Gasteiger charge is 2.23. The number of nitrogens with one attached hydrogen (secondary N) is 2. The molecule has 0 radical (unpaired) electrons. The maximum atomic E-state index is 13.5. The van der Waals surface area contributed by atoms with Crippen molar-refractivity contribution in [1.82, 2.24) is 0 Å². The highest BCUT2D eigenvalue weighted by Crippen LogP contribution is 2.38. The lowest BCUT2D eigenvalue weighted by molar-refractivity contribution is -0.115. The molecule has 2 amide bonds. The number of carbonyl (C=O) groups is 2. The van der Waals surface area contributed by atoms with Gasteiger partial charge < -0.3 is 24.8 Å². The quantitative estimate of drug-likeness (QED) is 0.266. The lowest BCUT2D eigenvalue weighted by Gasteiger charge is -2.20. The minimum atomic E-state index is -0.531. The van der Waals surface area contributed by atoms with E-state index >= 15 is 0 Å². The molecule has 0 aromatic heterocycles. The number of rotatable bonds is 8. The zero-order valence-corrected chi connectivity index (χ0v) is 21.5. The van der Waals surface area contributed by atoms with Gasteiger partial charge in [-0.25, -0.2) is 0 Å². The first-order valence-corrected chi connectivity index (χ1v) is 12.9. The normalized spacial score (nSPS) is 12.8. The van der Waals surface area contributed by atoms with Crippen LogP contribution in [0.1, 0.15) is 21.2 Å². The monoisotopic (exact) mass is 526 g/mol. The molecule has 1 heterocycles. The molecule has 0 saturated carbocycles. The van der Waals surface area contributed by atoms with E-state index in [1.807, 2.05) is 54.6 Å². The summed E-state index contributed by atoms with van der Waals surface area (Å²) in [5.41, 5.74) is 2.64. The Morgan fingerprint density at radius 3 is 2.29 bits per heavy atom. The minimum absolute atomic E-state index is 0.175. The van der Waals surface area contributed by atoms with Crippen LogP contribution >= 0.6 is 11.8 Å². The van der Waals surface area contributed by atoms with E-state index in [0.29, 0.717) is 47.4 Å². The van der Waals surface area contributed by atoms with Crippen LogP contribution in [-0.2, 0) is 4.79 Å². The maximum Gasteiger partial charge on any atom is 0.255 e. The van der Waals surface area contributed by atoms with E-state index in [4.69, 9.17) is 14.2 Å². The third kappa shape index (κ3) is 6.10. The third-order valence-corrected chi connectivity index (χ3v) is 7.10. The molecule has 0 saturated heterocycles. The number of fused-ring (bicyclic) bond motifs is 1. The highest BCUT2D eigenvalue weighted by molar-refractivity contribution is 8.00. The van der Waals surface area contributed by atoms with Gasteiger partial charge in [0.2, 0.25) is 5.91 Å². The average Bonchev–Trinajstić information content (AvgIpc) is 2.96. The molecule has 0 fully saturated rings. The largest absolute Gasteiger partial charge is 0.497 e. The second kappa shape index (κ2) is 11.7. The van der Waals surface area contributed by atoms with E-state index in [-0.39, 0.29) is 11.8 Å². The van der Waals surface area contributed by atoms with Crippen molar-refractivity contribution >= 4 is 35.0 Å². The van der Waals surface area contributed by atoms with Gasteiger partial charge in [-0.3, -0.25) is 9.59 Å². The van der Waals surface area contributed by atoms with Crippen LogP contribution in [0.5, 0.6) is 17.2 Å². The second-order valence-electron chi connectivity index (χ2n) is 8.47. The van der Waals surface area contributed by atoms with E-state index in [1.165, 1.54) is 11.8 Å². The molecule has 2 N–H and O–H groups in total. The molecule has 5 rings (SSSR count). The molecule has 38 heavy (non-hydrogen) atoms. The smallest absolute Gasteiger partial charge is 0.255 e. The van der Waals surface area contributed by atoms with E-state index in [0.717, 1.165) is 10.5 Å². The van der Waals surface area contributed by atoms with Crippen LogP contribution < -0.4 is 24.8 Å². The fourth-order valence-electron chi connectivity index (χ4n) is 3.96. The van der Waals surface area contributed by atoms with Gasteiger partial charge in [-0.2, -0.15) is 0 Å². The summed E-state index contributed by atoms with van der Waals surface area (Å²) < 4.78 is 16.4. The van der Waals surface area contributed by atoms with Gasteiger partial charge in [0.25, 0.3) is 5.91 Å². The maximum absolute atomic E-state index is 13.5. The summed E-state index contributed by atoms with van der Waals surface area (Å²) >= 11 is 1.40. The lowest BCUT2D eigenvalue weighted by atomic mass is 10.1. The molecule has 192 valence electrons. The molecule has 8 heteroatoms. The molecule has 1 atom stereocenters. The standard InChI is InChI=1S/C30H26N2O5S/c1-35-24-13-10-21(11-14-24)29(33)31-22-8-5-9-25(18-22)38-28(20-6-3-2-4-7-20)30(34)32-23-12-15-26-27(19-23)37-17-16-36-26/h2-15,18-19,28H,16-17H2,1H3,(H,31,33)(H,32,34). The van der Waals surface area contributed by atoms with E-state index < -0.39 is 5.25 Å². The first-order chi connectivity index (χ1) is 18.6. The molecule has 1 unspecified atom stereocenters. The van der Waals surface area contributed by atoms with Crippen LogP contribution in [-0.4, -0.2) is 32.1 Å². The van der Waals surface area contributed by atoms with Crippen LogP contribution in [0, 0.1) is 0 Å². The molecule has 1 aliphatic rings. The highest BCUT2D eigenvalue weighted by atomic mass is 32.2. The molecule has 7 nitrogen and oxygen atoms in total. The Hall–Kier alpha value is -4.43. The van der Waals surface area contributed by atoms with Gasteiger partial charge in [-0.15, -0.1) is 11.8 Å². The molecular weight excluding hydrogens is 500 g/mol. The van der Waals surface area contributed by atoms with Crippen molar-refractivity contribution in [2.45, 2.75) is 10.1 Å². The number of thioether (sulfide) groups is 1. The number of hydrogen-bond acceptors (Lipinski definition) is 6. The van der Waals surface area contributed by atoms with Crippen molar-refractivity contribution in [2.24, 2.45) is 0 Å². The van der Waals surface area contributed by atoms with Crippen molar-refractivity contribution in [3.8, 4) is 17.2 Å². The Bertz CT molecular complexity index is 1430. The van der Waals surface area contributed by atoms with Gasteiger partial charge in [0.15, 0.2) is 11.5 Å². The summed E-state index contributed by atoms with van der Waals surface area (Å²) in [4.78, 5) is 27.1. The number of benzene rings is 4. The van der Waals surface area contributed by atoms with Gasteiger partial charge in [-0.1, -0.05) is 36.4 Å². The van der Waals surface area contributed by atoms with Gasteiger partial charge in [0.05, 0.1) is 7.11 Å². The predicted octanol–water partition coefficient (Wildman–Crippen LogP) is 6.19. The lowest BCUT2D eigenvalue weighted by Crippen LogP contribution is -2.20. The van der Waals surface area contributed by atoms with Gasteiger partial charge in [-0.05, 0) is 60.2 Å². The van der Waals surface area contributed by atoms with E-state index in [2.05, 4.69) is 10.6 Å². The Kier molecular flexibility index (Phi) is 7.80. The summed E-state index contributed by atoms with van der Waals surface area (Å²) in [6, 6.07) is 29.3. The van der Waals surface area contributed by atoms with Crippen LogP contribution in [0.2, 0.25) is 0 Å². The Balaban J connectivity index is 1.33. The zero-order valence-electron chi connectivity index (χ0n) is 20.7. The average molecular weight is 527 g/mol. The molecule has 0 spiro atoms. The molecule has 4 aromatic rings. The second-order valence-corrected chi connectivity index (χ2v) is 9.65. The molecule has 0 bridgehead atoms. The van der Waals surface area contributed by atoms with Gasteiger partial charge in [0.1, 0.15) is 24.2 Å². The number of carbonyl (C=O) groups excluding carboxylic acids is 2. The Labute approximate surface area is 225 Å². The van der Waals surface area contributed by atoms with Crippen molar-refractivity contribution < 1.29 is 23.8 Å². The summed E-state index contributed by atoms with van der Waals surface area (Å²) in [6.45, 7) is 0.975. The number of ether oxygens (including phenoxy) is 3. The summed E-state index contributed by atoms with van der Waals surface area (Å²) in [7, 11) is 1.58. The third-order valence-electron chi connectivity index (χ3n) is 5.85. The summed E-state index contributed by atoms with van der Waals surface area (Å²) in [6.07, 6.45) is 0. The van der Waals surface area contributed by atoms with E-state index in [9.17, 15) is 9.59 Å². The Morgan fingerprint density at radius 1 is 0.789 bits per heavy atom. The van der Waals surface area contributed by atoms with E-state index in [1.54, 1.807) is 49.6 Å². The number of amides is 2. The Morgan fingerprint density at radius 2 is 1.53 bits per heavy atom. The van der Waals surface area contributed by atoms with Crippen molar-refractivity contribution in [2.75, 3.05) is 31.0 Å².